The van der Waals surface area contributed by atoms with Crippen LogP contribution in [0.5, 0.6) is 17.2 Å². The lowest BCUT2D eigenvalue weighted by molar-refractivity contribution is 0.102. The molecular weight excluding hydrogens is 396 g/mol. The average Bonchev–Trinajstić information content (AvgIpc) is 2.77. The molecular formula is C24H24N2O5. The molecule has 7 heteroatoms. The molecule has 3 rings (SSSR count). The highest BCUT2D eigenvalue weighted by Gasteiger charge is 2.12. The van der Waals surface area contributed by atoms with Crippen LogP contribution in [-0.2, 0) is 4.74 Å². The van der Waals surface area contributed by atoms with Gasteiger partial charge in [0, 0.05) is 11.3 Å². The quantitative estimate of drug-likeness (QED) is 0.488. The minimum atomic E-state index is -0.575. The number of para-hydroxylation sites is 2. The van der Waals surface area contributed by atoms with E-state index in [0.717, 1.165) is 5.75 Å². The Labute approximate surface area is 180 Å². The van der Waals surface area contributed by atoms with Crippen molar-refractivity contribution in [2.75, 3.05) is 23.8 Å². The van der Waals surface area contributed by atoms with Gasteiger partial charge in [-0.2, -0.15) is 0 Å². The molecule has 0 heterocycles. The van der Waals surface area contributed by atoms with Gasteiger partial charge in [0.05, 0.1) is 18.9 Å². The largest absolute Gasteiger partial charge is 0.494 e. The lowest BCUT2D eigenvalue weighted by atomic mass is 10.2. The van der Waals surface area contributed by atoms with Crippen LogP contribution in [0.25, 0.3) is 0 Å². The molecule has 7 nitrogen and oxygen atoms in total. The second-order valence-corrected chi connectivity index (χ2v) is 6.38. The summed E-state index contributed by atoms with van der Waals surface area (Å²) in [6.07, 6.45) is -0.575. The minimum absolute atomic E-state index is 0.261. The van der Waals surface area contributed by atoms with E-state index >= 15 is 0 Å². The topological polar surface area (TPSA) is 85.9 Å². The molecule has 3 aromatic carbocycles. The zero-order valence-electron chi connectivity index (χ0n) is 17.4. The van der Waals surface area contributed by atoms with Gasteiger partial charge in [0.1, 0.15) is 11.5 Å². The van der Waals surface area contributed by atoms with Gasteiger partial charge >= 0.3 is 6.09 Å². The summed E-state index contributed by atoms with van der Waals surface area (Å²) < 4.78 is 16.2. The standard InChI is InChI=1S/C24H24N2O5/c1-3-29-19-12-14-20(15-13-19)31-22-11-6-5-10-21(22)26-23(27)17-8-7-9-18(16-17)25-24(28)30-4-2/h5-16H,3-4H2,1-2H3,(H,25,28)(H,26,27). The molecule has 160 valence electrons. The van der Waals surface area contributed by atoms with Gasteiger partial charge < -0.3 is 19.5 Å². The Morgan fingerprint density at radius 2 is 1.55 bits per heavy atom. The van der Waals surface area contributed by atoms with Crippen LogP contribution in [0.4, 0.5) is 16.2 Å². The van der Waals surface area contributed by atoms with E-state index in [1.54, 1.807) is 61.5 Å². The number of amides is 2. The van der Waals surface area contributed by atoms with E-state index in [1.807, 2.05) is 25.1 Å². The van der Waals surface area contributed by atoms with E-state index in [0.29, 0.717) is 35.0 Å². The van der Waals surface area contributed by atoms with Gasteiger partial charge in [-0.25, -0.2) is 4.79 Å². The van der Waals surface area contributed by atoms with Crippen molar-refractivity contribution in [3.05, 3.63) is 78.4 Å². The number of anilines is 2. The van der Waals surface area contributed by atoms with Gasteiger partial charge in [-0.1, -0.05) is 18.2 Å². The maximum atomic E-state index is 12.8. The number of nitrogens with one attached hydrogen (secondary N) is 2. The van der Waals surface area contributed by atoms with Crippen molar-refractivity contribution in [3.63, 3.8) is 0 Å². The fourth-order valence-corrected chi connectivity index (χ4v) is 2.77. The highest BCUT2D eigenvalue weighted by molar-refractivity contribution is 6.05. The molecule has 0 fully saturated rings. The first-order chi connectivity index (χ1) is 15.1. The van der Waals surface area contributed by atoms with Crippen LogP contribution in [0.15, 0.2) is 72.8 Å². The second kappa shape index (κ2) is 10.7. The predicted octanol–water partition coefficient (Wildman–Crippen LogP) is 5.70. The van der Waals surface area contributed by atoms with Crippen molar-refractivity contribution < 1.29 is 23.8 Å². The highest BCUT2D eigenvalue weighted by Crippen LogP contribution is 2.30. The van der Waals surface area contributed by atoms with Crippen molar-refractivity contribution in [2.24, 2.45) is 0 Å². The maximum absolute atomic E-state index is 12.8. The van der Waals surface area contributed by atoms with E-state index < -0.39 is 6.09 Å². The number of ether oxygens (including phenoxy) is 3. The van der Waals surface area contributed by atoms with Crippen LogP contribution in [0.1, 0.15) is 24.2 Å². The summed E-state index contributed by atoms with van der Waals surface area (Å²) in [6, 6.07) is 21.0. The summed E-state index contributed by atoms with van der Waals surface area (Å²) in [5.74, 6) is 1.54. The molecule has 0 bridgehead atoms. The van der Waals surface area contributed by atoms with Crippen LogP contribution < -0.4 is 20.1 Å². The predicted molar refractivity (Wildman–Crippen MR) is 119 cm³/mol. The summed E-state index contributed by atoms with van der Waals surface area (Å²) >= 11 is 0. The van der Waals surface area contributed by atoms with Gasteiger partial charge in [-0.05, 0) is 68.4 Å². The zero-order valence-corrected chi connectivity index (χ0v) is 17.4. The van der Waals surface area contributed by atoms with Crippen LogP contribution in [-0.4, -0.2) is 25.2 Å². The third-order valence-corrected chi connectivity index (χ3v) is 4.14. The normalized spacial score (nSPS) is 10.1. The number of carbonyl (C=O) groups is 2. The van der Waals surface area contributed by atoms with E-state index in [2.05, 4.69) is 10.6 Å². The zero-order chi connectivity index (χ0) is 22.1. The Morgan fingerprint density at radius 1 is 0.806 bits per heavy atom. The summed E-state index contributed by atoms with van der Waals surface area (Å²) in [5.41, 5.74) is 1.36. The third kappa shape index (κ3) is 6.24. The number of benzene rings is 3. The first kappa shape index (κ1) is 21.7. The van der Waals surface area contributed by atoms with Crippen molar-refractivity contribution in [1.82, 2.24) is 0 Å². The molecule has 0 spiro atoms. The van der Waals surface area contributed by atoms with E-state index in [-0.39, 0.29) is 12.5 Å². The van der Waals surface area contributed by atoms with Gasteiger partial charge in [-0.3, -0.25) is 10.1 Å². The Morgan fingerprint density at radius 3 is 2.29 bits per heavy atom. The maximum Gasteiger partial charge on any atom is 0.411 e. The molecule has 0 aliphatic rings. The lowest BCUT2D eigenvalue weighted by Gasteiger charge is -2.13. The van der Waals surface area contributed by atoms with Gasteiger partial charge in [0.2, 0.25) is 0 Å². The van der Waals surface area contributed by atoms with Crippen LogP contribution in [0.2, 0.25) is 0 Å². The minimum Gasteiger partial charge on any atom is -0.494 e. The molecule has 0 atom stereocenters. The molecule has 31 heavy (non-hydrogen) atoms. The molecule has 0 saturated carbocycles. The Hall–Kier alpha value is -4.00. The van der Waals surface area contributed by atoms with Gasteiger partial charge in [-0.15, -0.1) is 0 Å². The molecule has 0 radical (unpaired) electrons. The molecule has 0 saturated heterocycles. The summed E-state index contributed by atoms with van der Waals surface area (Å²) in [4.78, 5) is 24.4. The van der Waals surface area contributed by atoms with Crippen molar-refractivity contribution >= 4 is 23.4 Å². The molecule has 2 N–H and O–H groups in total. The van der Waals surface area contributed by atoms with Crippen LogP contribution in [0, 0.1) is 0 Å². The van der Waals surface area contributed by atoms with Crippen LogP contribution in [0.3, 0.4) is 0 Å². The fourth-order valence-electron chi connectivity index (χ4n) is 2.77. The monoisotopic (exact) mass is 420 g/mol. The molecule has 3 aromatic rings. The number of rotatable bonds is 8. The van der Waals surface area contributed by atoms with E-state index in [4.69, 9.17) is 14.2 Å². The van der Waals surface area contributed by atoms with Crippen molar-refractivity contribution in [3.8, 4) is 17.2 Å². The van der Waals surface area contributed by atoms with E-state index in [1.165, 1.54) is 0 Å². The van der Waals surface area contributed by atoms with Crippen LogP contribution >= 0.6 is 0 Å². The summed E-state index contributed by atoms with van der Waals surface area (Å²) in [7, 11) is 0. The highest BCUT2D eigenvalue weighted by atomic mass is 16.5. The van der Waals surface area contributed by atoms with Crippen molar-refractivity contribution in [1.29, 1.82) is 0 Å². The summed E-state index contributed by atoms with van der Waals surface area (Å²) in [5, 5.41) is 5.44. The Kier molecular flexibility index (Phi) is 7.48. The first-order valence-corrected chi connectivity index (χ1v) is 9.94. The first-order valence-electron chi connectivity index (χ1n) is 9.94. The van der Waals surface area contributed by atoms with E-state index in [9.17, 15) is 9.59 Å². The number of hydrogen-bond donors (Lipinski definition) is 2. The Balaban J connectivity index is 1.71. The Bertz CT molecular complexity index is 1030. The van der Waals surface area contributed by atoms with Gasteiger partial charge in [0.15, 0.2) is 5.75 Å². The smallest absolute Gasteiger partial charge is 0.411 e. The fraction of sp³-hybridized carbons (Fsp3) is 0.167. The SMILES string of the molecule is CCOC(=O)Nc1cccc(C(=O)Nc2ccccc2Oc2ccc(OCC)cc2)c1. The average molecular weight is 420 g/mol. The third-order valence-electron chi connectivity index (χ3n) is 4.14. The summed E-state index contributed by atoms with van der Waals surface area (Å²) in [6.45, 7) is 4.49. The molecule has 2 amide bonds. The molecule has 0 aliphatic heterocycles. The molecule has 0 unspecified atom stereocenters. The number of carbonyl (C=O) groups excluding carboxylic acids is 2. The molecule has 0 aromatic heterocycles. The second-order valence-electron chi connectivity index (χ2n) is 6.38. The lowest BCUT2D eigenvalue weighted by Crippen LogP contribution is -2.15. The van der Waals surface area contributed by atoms with Gasteiger partial charge in [0.25, 0.3) is 5.91 Å². The number of hydrogen-bond acceptors (Lipinski definition) is 5. The molecule has 0 aliphatic carbocycles. The van der Waals surface area contributed by atoms with Crippen molar-refractivity contribution in [2.45, 2.75) is 13.8 Å².